The first kappa shape index (κ1) is 15.3. The van der Waals surface area contributed by atoms with Crippen molar-refractivity contribution < 1.29 is 9.53 Å². The van der Waals surface area contributed by atoms with Gasteiger partial charge in [0.15, 0.2) is 5.78 Å². The van der Waals surface area contributed by atoms with Crippen LogP contribution in [0.15, 0.2) is 36.7 Å². The number of H-pyrrole nitrogens is 1. The molecule has 0 aliphatic rings. The SMILES string of the molecule is COc1ccc(C(=O)CCCCCCc2ncc[nH]2)cc1. The molecule has 1 N–H and O–H groups in total. The van der Waals surface area contributed by atoms with Gasteiger partial charge < -0.3 is 9.72 Å². The highest BCUT2D eigenvalue weighted by atomic mass is 16.5. The van der Waals surface area contributed by atoms with Crippen molar-refractivity contribution in [3.63, 3.8) is 0 Å². The third kappa shape index (κ3) is 5.06. The standard InChI is InChI=1S/C17H22N2O2/c1-21-15-10-8-14(9-11-15)16(20)6-4-2-3-5-7-17-18-12-13-19-17/h8-13H,2-7H2,1H3,(H,18,19). The van der Waals surface area contributed by atoms with Crippen LogP contribution in [0, 0.1) is 0 Å². The number of nitrogens with one attached hydrogen (secondary N) is 1. The lowest BCUT2D eigenvalue weighted by Gasteiger charge is -2.03. The maximum atomic E-state index is 12.0. The summed E-state index contributed by atoms with van der Waals surface area (Å²) in [7, 11) is 1.62. The number of rotatable bonds is 9. The minimum absolute atomic E-state index is 0.212. The van der Waals surface area contributed by atoms with Crippen molar-refractivity contribution in [2.24, 2.45) is 0 Å². The number of hydrogen-bond donors (Lipinski definition) is 1. The van der Waals surface area contributed by atoms with E-state index in [1.165, 1.54) is 0 Å². The van der Waals surface area contributed by atoms with Gasteiger partial charge in [-0.05, 0) is 37.1 Å². The van der Waals surface area contributed by atoms with Gasteiger partial charge in [-0.2, -0.15) is 0 Å². The molecule has 2 rings (SSSR count). The summed E-state index contributed by atoms with van der Waals surface area (Å²) in [5, 5.41) is 0. The van der Waals surface area contributed by atoms with Gasteiger partial charge in [0.2, 0.25) is 0 Å². The third-order valence-electron chi connectivity index (χ3n) is 3.53. The zero-order valence-electron chi connectivity index (χ0n) is 12.5. The van der Waals surface area contributed by atoms with Crippen LogP contribution < -0.4 is 4.74 Å². The Hall–Kier alpha value is -2.10. The molecule has 0 aliphatic carbocycles. The van der Waals surface area contributed by atoms with Gasteiger partial charge in [-0.15, -0.1) is 0 Å². The van der Waals surface area contributed by atoms with Gasteiger partial charge in [0.05, 0.1) is 7.11 Å². The molecule has 21 heavy (non-hydrogen) atoms. The Morgan fingerprint density at radius 1 is 1.14 bits per heavy atom. The highest BCUT2D eigenvalue weighted by molar-refractivity contribution is 5.96. The van der Waals surface area contributed by atoms with Crippen LogP contribution in [0.1, 0.15) is 48.3 Å². The second-order valence-corrected chi connectivity index (χ2v) is 5.10. The molecule has 0 bridgehead atoms. The van der Waals surface area contributed by atoms with Crippen molar-refractivity contribution >= 4 is 5.78 Å². The molecule has 2 aromatic rings. The van der Waals surface area contributed by atoms with Gasteiger partial charge >= 0.3 is 0 Å². The molecule has 0 unspecified atom stereocenters. The van der Waals surface area contributed by atoms with Crippen molar-refractivity contribution in [2.45, 2.75) is 38.5 Å². The molecular weight excluding hydrogens is 264 g/mol. The number of carbonyl (C=O) groups excluding carboxylic acids is 1. The number of benzene rings is 1. The van der Waals surface area contributed by atoms with Crippen LogP contribution in [-0.2, 0) is 6.42 Å². The number of ether oxygens (including phenoxy) is 1. The molecule has 1 aromatic carbocycles. The molecule has 112 valence electrons. The maximum absolute atomic E-state index is 12.0. The summed E-state index contributed by atoms with van der Waals surface area (Å²) in [6.07, 6.45) is 9.52. The van der Waals surface area contributed by atoms with Crippen LogP contribution in [-0.4, -0.2) is 22.9 Å². The predicted octanol–water partition coefficient (Wildman–Crippen LogP) is 3.79. The number of aromatic nitrogens is 2. The highest BCUT2D eigenvalue weighted by Crippen LogP contribution is 2.14. The molecule has 0 atom stereocenters. The molecule has 4 heteroatoms. The maximum Gasteiger partial charge on any atom is 0.162 e. The largest absolute Gasteiger partial charge is 0.497 e. The molecule has 0 radical (unpaired) electrons. The Labute approximate surface area is 125 Å². The van der Waals surface area contributed by atoms with Crippen molar-refractivity contribution in [3.8, 4) is 5.75 Å². The van der Waals surface area contributed by atoms with Gasteiger partial charge in [-0.3, -0.25) is 4.79 Å². The van der Waals surface area contributed by atoms with Crippen molar-refractivity contribution in [3.05, 3.63) is 48.0 Å². The van der Waals surface area contributed by atoms with E-state index >= 15 is 0 Å². The molecule has 0 aliphatic heterocycles. The first-order chi connectivity index (χ1) is 10.3. The Morgan fingerprint density at radius 3 is 2.57 bits per heavy atom. The smallest absolute Gasteiger partial charge is 0.162 e. The molecule has 0 saturated heterocycles. The highest BCUT2D eigenvalue weighted by Gasteiger charge is 2.05. The van der Waals surface area contributed by atoms with Crippen molar-refractivity contribution in [1.29, 1.82) is 0 Å². The lowest BCUT2D eigenvalue weighted by atomic mass is 10.0. The van der Waals surface area contributed by atoms with Gasteiger partial charge in [-0.25, -0.2) is 4.98 Å². The Morgan fingerprint density at radius 2 is 1.90 bits per heavy atom. The van der Waals surface area contributed by atoms with E-state index in [1.807, 2.05) is 30.5 Å². The van der Waals surface area contributed by atoms with Crippen molar-refractivity contribution in [2.75, 3.05) is 7.11 Å². The lowest BCUT2D eigenvalue weighted by Crippen LogP contribution is -1.99. The molecule has 0 fully saturated rings. The minimum Gasteiger partial charge on any atom is -0.497 e. The zero-order valence-corrected chi connectivity index (χ0v) is 12.5. The number of Topliss-reactive ketones (excluding diaryl/α,β-unsaturated/α-hetero) is 1. The summed E-state index contributed by atoms with van der Waals surface area (Å²) in [6, 6.07) is 7.32. The monoisotopic (exact) mass is 286 g/mol. The molecule has 4 nitrogen and oxygen atoms in total. The van der Waals surface area contributed by atoms with E-state index in [0.29, 0.717) is 6.42 Å². The second-order valence-electron chi connectivity index (χ2n) is 5.10. The van der Waals surface area contributed by atoms with E-state index in [9.17, 15) is 4.79 Å². The average molecular weight is 286 g/mol. The molecule has 1 aromatic heterocycles. The topological polar surface area (TPSA) is 55.0 Å². The fourth-order valence-corrected chi connectivity index (χ4v) is 2.29. The first-order valence-corrected chi connectivity index (χ1v) is 7.45. The Bertz CT molecular complexity index is 532. The molecule has 0 spiro atoms. The fourth-order valence-electron chi connectivity index (χ4n) is 2.29. The number of aromatic amines is 1. The Kier molecular flexibility index (Phi) is 6.00. The van der Waals surface area contributed by atoms with E-state index in [4.69, 9.17) is 4.74 Å². The summed E-state index contributed by atoms with van der Waals surface area (Å²) in [4.78, 5) is 19.3. The average Bonchev–Trinajstić information content (AvgIpc) is 3.04. The molecule has 0 amide bonds. The second kappa shape index (κ2) is 8.25. The summed E-state index contributed by atoms with van der Waals surface area (Å²) >= 11 is 0. The van der Waals surface area contributed by atoms with Crippen LogP contribution >= 0.6 is 0 Å². The summed E-state index contributed by atoms with van der Waals surface area (Å²) in [5.74, 6) is 2.04. The lowest BCUT2D eigenvalue weighted by molar-refractivity contribution is 0.0979. The minimum atomic E-state index is 0.212. The zero-order chi connectivity index (χ0) is 14.9. The molecule has 1 heterocycles. The quantitative estimate of drug-likeness (QED) is 0.563. The first-order valence-electron chi connectivity index (χ1n) is 7.45. The third-order valence-corrected chi connectivity index (χ3v) is 3.53. The number of ketones is 1. The van der Waals surface area contributed by atoms with E-state index in [0.717, 1.165) is 49.2 Å². The number of methoxy groups -OCH3 is 1. The van der Waals surface area contributed by atoms with E-state index in [-0.39, 0.29) is 5.78 Å². The Balaban J connectivity index is 1.60. The van der Waals surface area contributed by atoms with Crippen LogP contribution in [0.25, 0.3) is 0 Å². The van der Waals surface area contributed by atoms with E-state index in [1.54, 1.807) is 13.3 Å². The predicted molar refractivity (Wildman–Crippen MR) is 82.7 cm³/mol. The number of unbranched alkanes of at least 4 members (excludes halogenated alkanes) is 3. The van der Waals surface area contributed by atoms with Crippen LogP contribution in [0.2, 0.25) is 0 Å². The van der Waals surface area contributed by atoms with Crippen molar-refractivity contribution in [1.82, 2.24) is 9.97 Å². The van der Waals surface area contributed by atoms with Crippen LogP contribution in [0.3, 0.4) is 0 Å². The normalized spacial score (nSPS) is 10.5. The van der Waals surface area contributed by atoms with Gasteiger partial charge in [-0.1, -0.05) is 12.8 Å². The number of aryl methyl sites for hydroxylation is 1. The summed E-state index contributed by atoms with van der Waals surface area (Å²) in [5.41, 5.74) is 0.770. The van der Waals surface area contributed by atoms with Gasteiger partial charge in [0.25, 0.3) is 0 Å². The number of hydrogen-bond acceptors (Lipinski definition) is 3. The summed E-state index contributed by atoms with van der Waals surface area (Å²) < 4.78 is 5.09. The van der Waals surface area contributed by atoms with E-state index < -0.39 is 0 Å². The summed E-state index contributed by atoms with van der Waals surface area (Å²) in [6.45, 7) is 0. The molecular formula is C17H22N2O2. The fraction of sp³-hybridized carbons (Fsp3) is 0.412. The van der Waals surface area contributed by atoms with E-state index in [2.05, 4.69) is 9.97 Å². The van der Waals surface area contributed by atoms with Crippen LogP contribution in [0.4, 0.5) is 0 Å². The number of nitrogens with zero attached hydrogens (tertiary/aromatic N) is 1. The molecule has 0 saturated carbocycles. The number of imidazole rings is 1. The van der Waals surface area contributed by atoms with Gasteiger partial charge in [0.1, 0.15) is 11.6 Å². The van der Waals surface area contributed by atoms with Gasteiger partial charge in [0, 0.05) is 30.8 Å². The number of carbonyl (C=O) groups is 1. The van der Waals surface area contributed by atoms with Crippen LogP contribution in [0.5, 0.6) is 5.75 Å².